The van der Waals surface area contributed by atoms with Crippen molar-refractivity contribution in [2.24, 2.45) is 0 Å². The van der Waals surface area contributed by atoms with Crippen LogP contribution in [-0.2, 0) is 11.3 Å². The van der Waals surface area contributed by atoms with E-state index in [1.54, 1.807) is 11.9 Å². The van der Waals surface area contributed by atoms with E-state index in [1.807, 2.05) is 0 Å². The van der Waals surface area contributed by atoms with Crippen molar-refractivity contribution in [3.63, 3.8) is 0 Å². The summed E-state index contributed by atoms with van der Waals surface area (Å²) in [5.74, 6) is -1.24. The van der Waals surface area contributed by atoms with Crippen LogP contribution < -0.4 is 5.32 Å². The third-order valence-corrected chi connectivity index (χ3v) is 3.23. The van der Waals surface area contributed by atoms with E-state index in [0.717, 1.165) is 30.6 Å². The molecule has 1 aromatic heterocycles. The van der Waals surface area contributed by atoms with Crippen LogP contribution in [0.3, 0.4) is 0 Å². The minimum atomic E-state index is -1.02. The number of rotatable bonds is 4. The molecule has 1 aliphatic rings. The summed E-state index contributed by atoms with van der Waals surface area (Å²) in [5, 5.41) is 19.2. The first-order chi connectivity index (χ1) is 9.08. The molecule has 0 radical (unpaired) electrons. The number of nitrogens with one attached hydrogen (secondary N) is 1. The summed E-state index contributed by atoms with van der Waals surface area (Å²) in [7, 11) is 1.74. The van der Waals surface area contributed by atoms with Crippen molar-refractivity contribution in [1.82, 2.24) is 25.2 Å². The monoisotopic (exact) mass is 267 g/mol. The first-order valence-corrected chi connectivity index (χ1v) is 6.17. The number of carboxylic acid groups (broad SMARTS) is 1. The largest absolute Gasteiger partial charge is 0.480 e. The summed E-state index contributed by atoms with van der Waals surface area (Å²) in [5.41, 5.74) is 0.183. The smallest absolute Gasteiger partial charge is 0.325 e. The molecule has 0 atom stereocenters. The molecule has 2 heterocycles. The number of amides is 1. The highest BCUT2D eigenvalue weighted by molar-refractivity contribution is 5.92. The molecule has 19 heavy (non-hydrogen) atoms. The fraction of sp³-hybridized carbons (Fsp3) is 0.636. The number of hydrogen-bond acceptors (Lipinski definition) is 5. The Hall–Kier alpha value is -1.96. The molecule has 1 aliphatic heterocycles. The molecule has 1 amide bonds. The van der Waals surface area contributed by atoms with Gasteiger partial charge >= 0.3 is 5.97 Å². The van der Waals surface area contributed by atoms with E-state index in [0.29, 0.717) is 0 Å². The van der Waals surface area contributed by atoms with Crippen molar-refractivity contribution in [1.29, 1.82) is 0 Å². The number of piperidine rings is 1. The SMILES string of the molecule is CN(C(=O)c1cn(CC(=O)O)nn1)C1CCNCC1. The van der Waals surface area contributed by atoms with Gasteiger partial charge in [-0.3, -0.25) is 9.59 Å². The van der Waals surface area contributed by atoms with E-state index in [1.165, 1.54) is 6.20 Å². The van der Waals surface area contributed by atoms with Gasteiger partial charge in [0.2, 0.25) is 0 Å². The molecule has 0 saturated carbocycles. The second kappa shape index (κ2) is 5.79. The Kier molecular flexibility index (Phi) is 4.10. The third kappa shape index (κ3) is 3.28. The highest BCUT2D eigenvalue weighted by Crippen LogP contribution is 2.12. The van der Waals surface area contributed by atoms with Crippen LogP contribution in [0.4, 0.5) is 0 Å². The predicted octanol–water partition coefficient (Wildman–Crippen LogP) is -0.813. The van der Waals surface area contributed by atoms with Gasteiger partial charge in [0, 0.05) is 13.1 Å². The van der Waals surface area contributed by atoms with Crippen molar-refractivity contribution < 1.29 is 14.7 Å². The zero-order valence-corrected chi connectivity index (χ0v) is 10.7. The number of carboxylic acids is 1. The molecule has 0 aromatic carbocycles. The van der Waals surface area contributed by atoms with E-state index in [4.69, 9.17) is 5.11 Å². The first kappa shape index (κ1) is 13.5. The van der Waals surface area contributed by atoms with Crippen molar-refractivity contribution in [2.75, 3.05) is 20.1 Å². The Bertz CT molecular complexity index is 467. The second-order valence-corrected chi connectivity index (χ2v) is 4.59. The highest BCUT2D eigenvalue weighted by atomic mass is 16.4. The molecule has 1 saturated heterocycles. The normalized spacial score (nSPS) is 16.3. The average Bonchev–Trinajstić information content (AvgIpc) is 2.85. The maximum Gasteiger partial charge on any atom is 0.325 e. The number of aromatic nitrogens is 3. The number of carbonyl (C=O) groups is 2. The quantitative estimate of drug-likeness (QED) is 0.739. The minimum Gasteiger partial charge on any atom is -0.480 e. The van der Waals surface area contributed by atoms with Crippen molar-refractivity contribution in [2.45, 2.75) is 25.4 Å². The maximum absolute atomic E-state index is 12.2. The summed E-state index contributed by atoms with van der Waals surface area (Å²) in [6.45, 7) is 1.50. The molecule has 104 valence electrons. The lowest BCUT2D eigenvalue weighted by molar-refractivity contribution is -0.137. The topological polar surface area (TPSA) is 100 Å². The maximum atomic E-state index is 12.2. The van der Waals surface area contributed by atoms with Gasteiger partial charge in [-0.25, -0.2) is 4.68 Å². The molecule has 1 aromatic rings. The summed E-state index contributed by atoms with van der Waals surface area (Å²) in [6, 6.07) is 0.193. The van der Waals surface area contributed by atoms with Gasteiger partial charge in [0.05, 0.1) is 6.20 Å². The van der Waals surface area contributed by atoms with Crippen LogP contribution in [0.1, 0.15) is 23.3 Å². The minimum absolute atomic E-state index is 0.183. The van der Waals surface area contributed by atoms with Gasteiger partial charge in [-0.05, 0) is 25.9 Å². The molecule has 0 aliphatic carbocycles. The molecule has 0 unspecified atom stereocenters. The van der Waals surface area contributed by atoms with E-state index >= 15 is 0 Å². The molecular weight excluding hydrogens is 250 g/mol. The van der Waals surface area contributed by atoms with Gasteiger partial charge in [0.25, 0.3) is 5.91 Å². The van der Waals surface area contributed by atoms with Gasteiger partial charge in [0.1, 0.15) is 6.54 Å². The van der Waals surface area contributed by atoms with Crippen LogP contribution >= 0.6 is 0 Å². The van der Waals surface area contributed by atoms with E-state index < -0.39 is 5.97 Å². The fourth-order valence-electron chi connectivity index (χ4n) is 2.15. The molecule has 2 N–H and O–H groups in total. The summed E-state index contributed by atoms with van der Waals surface area (Å²) < 4.78 is 1.14. The van der Waals surface area contributed by atoms with Gasteiger partial charge < -0.3 is 15.3 Å². The van der Waals surface area contributed by atoms with Crippen LogP contribution in [0.5, 0.6) is 0 Å². The van der Waals surface area contributed by atoms with E-state index in [9.17, 15) is 9.59 Å². The van der Waals surface area contributed by atoms with E-state index in [-0.39, 0.29) is 24.2 Å². The van der Waals surface area contributed by atoms with Crippen LogP contribution in [0.2, 0.25) is 0 Å². The summed E-state index contributed by atoms with van der Waals surface area (Å²) in [4.78, 5) is 24.4. The Morgan fingerprint density at radius 3 is 2.84 bits per heavy atom. The number of aliphatic carboxylic acids is 1. The molecule has 8 nitrogen and oxygen atoms in total. The van der Waals surface area contributed by atoms with Crippen LogP contribution in [0.15, 0.2) is 6.20 Å². The highest BCUT2D eigenvalue weighted by Gasteiger charge is 2.24. The van der Waals surface area contributed by atoms with Crippen LogP contribution in [-0.4, -0.2) is 63.1 Å². The Morgan fingerprint density at radius 2 is 2.21 bits per heavy atom. The predicted molar refractivity (Wildman–Crippen MR) is 65.6 cm³/mol. The third-order valence-electron chi connectivity index (χ3n) is 3.23. The number of nitrogens with zero attached hydrogens (tertiary/aromatic N) is 4. The van der Waals surface area contributed by atoms with E-state index in [2.05, 4.69) is 15.6 Å². The van der Waals surface area contributed by atoms with Gasteiger partial charge in [-0.2, -0.15) is 0 Å². The Balaban J connectivity index is 2.01. The first-order valence-electron chi connectivity index (χ1n) is 6.17. The molecule has 0 bridgehead atoms. The lowest BCUT2D eigenvalue weighted by atomic mass is 10.1. The summed E-state index contributed by atoms with van der Waals surface area (Å²) >= 11 is 0. The standard InChI is InChI=1S/C11H17N5O3/c1-15(8-2-4-12-5-3-8)11(19)9-6-16(14-13-9)7-10(17)18/h6,8,12H,2-5,7H2,1H3,(H,17,18). The van der Waals surface area contributed by atoms with Crippen molar-refractivity contribution >= 4 is 11.9 Å². The van der Waals surface area contributed by atoms with Gasteiger partial charge in [-0.15, -0.1) is 5.10 Å². The number of carbonyl (C=O) groups excluding carboxylic acids is 1. The zero-order chi connectivity index (χ0) is 13.8. The zero-order valence-electron chi connectivity index (χ0n) is 10.7. The second-order valence-electron chi connectivity index (χ2n) is 4.59. The lowest BCUT2D eigenvalue weighted by Crippen LogP contribution is -2.44. The Labute approximate surface area is 110 Å². The molecule has 8 heteroatoms. The molecular formula is C11H17N5O3. The average molecular weight is 267 g/mol. The fourth-order valence-corrected chi connectivity index (χ4v) is 2.15. The molecule has 1 fully saturated rings. The van der Waals surface area contributed by atoms with Gasteiger partial charge in [0.15, 0.2) is 5.69 Å². The molecule has 0 spiro atoms. The Morgan fingerprint density at radius 1 is 1.53 bits per heavy atom. The van der Waals surface area contributed by atoms with Crippen molar-refractivity contribution in [3.05, 3.63) is 11.9 Å². The van der Waals surface area contributed by atoms with Crippen LogP contribution in [0, 0.1) is 0 Å². The lowest BCUT2D eigenvalue weighted by Gasteiger charge is -2.31. The van der Waals surface area contributed by atoms with Crippen molar-refractivity contribution in [3.8, 4) is 0 Å². The van der Waals surface area contributed by atoms with Gasteiger partial charge in [-0.1, -0.05) is 5.21 Å². The number of hydrogen-bond donors (Lipinski definition) is 2. The van der Waals surface area contributed by atoms with Crippen LogP contribution in [0.25, 0.3) is 0 Å². The summed E-state index contributed by atoms with van der Waals surface area (Å²) in [6.07, 6.45) is 3.19. The molecule has 2 rings (SSSR count).